The van der Waals surface area contributed by atoms with E-state index in [1.807, 2.05) is 12.3 Å². The van der Waals surface area contributed by atoms with Crippen molar-refractivity contribution in [2.45, 2.75) is 12.3 Å². The van der Waals surface area contributed by atoms with E-state index in [2.05, 4.69) is 10.3 Å². The molecule has 3 rings (SSSR count). The van der Waals surface area contributed by atoms with Crippen molar-refractivity contribution in [1.82, 2.24) is 10.3 Å². The molecule has 0 unspecified atom stereocenters. The molecule has 1 aromatic carbocycles. The van der Waals surface area contributed by atoms with Gasteiger partial charge in [-0.2, -0.15) is 0 Å². The van der Waals surface area contributed by atoms with E-state index >= 15 is 0 Å². The Kier molecular flexibility index (Phi) is 1.99. The molecule has 1 atom stereocenters. The van der Waals surface area contributed by atoms with Gasteiger partial charge in [0.25, 0.3) is 0 Å². The highest BCUT2D eigenvalue weighted by atomic mass is 19.1. The maximum Gasteiger partial charge on any atom is 0.132 e. The number of hydrogen-bond acceptors (Lipinski definition) is 1. The van der Waals surface area contributed by atoms with Gasteiger partial charge in [0, 0.05) is 23.6 Å². The van der Waals surface area contributed by atoms with Crippen LogP contribution in [0.15, 0.2) is 24.4 Å². The number of aromatic nitrogens is 1. The van der Waals surface area contributed by atoms with E-state index in [4.69, 9.17) is 0 Å². The molecule has 0 amide bonds. The third-order valence-electron chi connectivity index (χ3n) is 3.19. The lowest BCUT2D eigenvalue weighted by atomic mass is 9.98. The highest BCUT2D eigenvalue weighted by molar-refractivity contribution is 5.84. The van der Waals surface area contributed by atoms with Gasteiger partial charge in [0.1, 0.15) is 5.82 Å². The molecule has 0 bridgehead atoms. The second-order valence-corrected chi connectivity index (χ2v) is 4.10. The summed E-state index contributed by atoms with van der Waals surface area (Å²) < 4.78 is 13.7. The first-order valence-corrected chi connectivity index (χ1v) is 5.32. The van der Waals surface area contributed by atoms with Gasteiger partial charge < -0.3 is 10.3 Å². The first-order chi connectivity index (χ1) is 7.36. The Balaban J connectivity index is 2.18. The smallest absolute Gasteiger partial charge is 0.132 e. The largest absolute Gasteiger partial charge is 0.361 e. The van der Waals surface area contributed by atoms with Gasteiger partial charge in [-0.3, -0.25) is 0 Å². The Morgan fingerprint density at radius 3 is 3.07 bits per heavy atom. The fourth-order valence-corrected chi connectivity index (χ4v) is 2.41. The maximum absolute atomic E-state index is 13.7. The highest BCUT2D eigenvalue weighted by Crippen LogP contribution is 2.30. The van der Waals surface area contributed by atoms with Crippen LogP contribution >= 0.6 is 0 Å². The molecule has 2 N–H and O–H groups in total. The number of halogens is 1. The van der Waals surface area contributed by atoms with E-state index in [0.717, 1.165) is 36.0 Å². The average Bonchev–Trinajstić information content (AvgIpc) is 2.85. The van der Waals surface area contributed by atoms with E-state index < -0.39 is 0 Å². The van der Waals surface area contributed by atoms with Gasteiger partial charge in [0.15, 0.2) is 0 Å². The van der Waals surface area contributed by atoms with Gasteiger partial charge in [-0.25, -0.2) is 4.39 Å². The SMILES string of the molecule is Fc1cccc2[nH]cc([C@@H]3CCNC3)c12. The van der Waals surface area contributed by atoms with E-state index in [9.17, 15) is 4.39 Å². The lowest BCUT2D eigenvalue weighted by Crippen LogP contribution is -2.07. The number of hydrogen-bond donors (Lipinski definition) is 2. The zero-order valence-electron chi connectivity index (χ0n) is 8.39. The molecule has 1 aliphatic rings. The monoisotopic (exact) mass is 204 g/mol. The molecular weight excluding hydrogens is 191 g/mol. The molecule has 78 valence electrons. The lowest BCUT2D eigenvalue weighted by molar-refractivity contribution is 0.637. The molecule has 2 nitrogen and oxygen atoms in total. The average molecular weight is 204 g/mol. The van der Waals surface area contributed by atoms with Crippen LogP contribution in [0.2, 0.25) is 0 Å². The molecule has 0 saturated carbocycles. The van der Waals surface area contributed by atoms with Crippen molar-refractivity contribution in [1.29, 1.82) is 0 Å². The van der Waals surface area contributed by atoms with Gasteiger partial charge in [0.05, 0.1) is 0 Å². The van der Waals surface area contributed by atoms with Crippen molar-refractivity contribution in [2.75, 3.05) is 13.1 Å². The highest BCUT2D eigenvalue weighted by Gasteiger charge is 2.21. The van der Waals surface area contributed by atoms with Crippen molar-refractivity contribution in [3.8, 4) is 0 Å². The van der Waals surface area contributed by atoms with E-state index in [1.165, 1.54) is 6.07 Å². The van der Waals surface area contributed by atoms with Crippen LogP contribution in [0.4, 0.5) is 4.39 Å². The molecule has 0 spiro atoms. The van der Waals surface area contributed by atoms with Crippen LogP contribution in [0, 0.1) is 5.82 Å². The quantitative estimate of drug-likeness (QED) is 0.733. The van der Waals surface area contributed by atoms with Crippen LogP contribution in [-0.2, 0) is 0 Å². The van der Waals surface area contributed by atoms with E-state index in [0.29, 0.717) is 5.92 Å². The summed E-state index contributed by atoms with van der Waals surface area (Å²) in [7, 11) is 0. The Morgan fingerprint density at radius 1 is 1.33 bits per heavy atom. The zero-order chi connectivity index (χ0) is 10.3. The number of benzene rings is 1. The van der Waals surface area contributed by atoms with Crippen LogP contribution in [0.1, 0.15) is 17.9 Å². The van der Waals surface area contributed by atoms with Gasteiger partial charge in [-0.15, -0.1) is 0 Å². The van der Waals surface area contributed by atoms with Crippen LogP contribution in [-0.4, -0.2) is 18.1 Å². The summed E-state index contributed by atoms with van der Waals surface area (Å²) in [4.78, 5) is 3.14. The van der Waals surface area contributed by atoms with Gasteiger partial charge in [-0.05, 0) is 36.6 Å². The minimum Gasteiger partial charge on any atom is -0.361 e. The molecule has 1 aliphatic heterocycles. The summed E-state index contributed by atoms with van der Waals surface area (Å²) in [6.45, 7) is 1.99. The summed E-state index contributed by atoms with van der Waals surface area (Å²) in [5, 5.41) is 4.08. The predicted molar refractivity (Wildman–Crippen MR) is 58.5 cm³/mol. The van der Waals surface area contributed by atoms with Crippen LogP contribution in [0.25, 0.3) is 10.9 Å². The molecule has 2 heterocycles. The summed E-state index contributed by atoms with van der Waals surface area (Å²) >= 11 is 0. The second kappa shape index (κ2) is 3.35. The van der Waals surface area contributed by atoms with Crippen molar-refractivity contribution in [3.63, 3.8) is 0 Å². The summed E-state index contributed by atoms with van der Waals surface area (Å²) in [5.74, 6) is 0.339. The molecule has 1 fully saturated rings. The number of rotatable bonds is 1. The Morgan fingerprint density at radius 2 is 2.27 bits per heavy atom. The van der Waals surface area contributed by atoms with Crippen LogP contribution < -0.4 is 5.32 Å². The Labute approximate surface area is 87.5 Å². The number of aromatic amines is 1. The fraction of sp³-hybridized carbons (Fsp3) is 0.333. The van der Waals surface area contributed by atoms with Gasteiger partial charge in [0.2, 0.25) is 0 Å². The first kappa shape index (κ1) is 8.92. The molecule has 15 heavy (non-hydrogen) atoms. The van der Waals surface area contributed by atoms with Crippen LogP contribution in [0.5, 0.6) is 0 Å². The predicted octanol–water partition coefficient (Wildman–Crippen LogP) is 2.38. The molecular formula is C12H13FN2. The minimum absolute atomic E-state index is 0.115. The maximum atomic E-state index is 13.7. The first-order valence-electron chi connectivity index (χ1n) is 5.32. The number of nitrogens with one attached hydrogen (secondary N) is 2. The minimum atomic E-state index is -0.115. The van der Waals surface area contributed by atoms with Gasteiger partial charge >= 0.3 is 0 Å². The van der Waals surface area contributed by atoms with Gasteiger partial charge in [-0.1, -0.05) is 6.07 Å². The topological polar surface area (TPSA) is 27.8 Å². The second-order valence-electron chi connectivity index (χ2n) is 4.10. The normalized spacial score (nSPS) is 21.3. The molecule has 3 heteroatoms. The molecule has 0 aliphatic carbocycles. The Bertz CT molecular complexity index is 483. The van der Waals surface area contributed by atoms with Crippen molar-refractivity contribution in [3.05, 3.63) is 35.8 Å². The third kappa shape index (κ3) is 1.35. The number of fused-ring (bicyclic) bond motifs is 1. The zero-order valence-corrected chi connectivity index (χ0v) is 8.39. The third-order valence-corrected chi connectivity index (χ3v) is 3.19. The lowest BCUT2D eigenvalue weighted by Gasteiger charge is -2.06. The molecule has 1 saturated heterocycles. The molecule has 0 radical (unpaired) electrons. The summed E-state index contributed by atoms with van der Waals surface area (Å²) in [6.07, 6.45) is 3.05. The standard InChI is InChI=1S/C12H13FN2/c13-10-2-1-3-11-12(10)9(7-15-11)8-4-5-14-6-8/h1-3,7-8,14-15H,4-6H2/t8-/m1/s1. The van der Waals surface area contributed by atoms with Crippen molar-refractivity contribution in [2.24, 2.45) is 0 Å². The molecule has 1 aromatic heterocycles. The molecule has 2 aromatic rings. The summed E-state index contributed by atoms with van der Waals surface area (Å²) in [5.41, 5.74) is 2.02. The summed E-state index contributed by atoms with van der Waals surface area (Å²) in [6, 6.07) is 5.19. The van der Waals surface area contributed by atoms with Crippen molar-refractivity contribution >= 4 is 10.9 Å². The van der Waals surface area contributed by atoms with E-state index in [1.54, 1.807) is 6.07 Å². The number of H-pyrrole nitrogens is 1. The van der Waals surface area contributed by atoms with E-state index in [-0.39, 0.29) is 5.82 Å². The van der Waals surface area contributed by atoms with Crippen molar-refractivity contribution < 1.29 is 4.39 Å². The fourth-order valence-electron chi connectivity index (χ4n) is 2.41. The Hall–Kier alpha value is -1.35. The van der Waals surface area contributed by atoms with Crippen LogP contribution in [0.3, 0.4) is 0 Å².